The minimum atomic E-state index is 0.167. The Hall–Kier alpha value is -1.65. The lowest BCUT2D eigenvalue weighted by Gasteiger charge is -2.18. The SMILES string of the molecule is CCC(N)Cc1cnc(N(C)Cc2ccccc2Cl)nc1. The van der Waals surface area contributed by atoms with E-state index in [-0.39, 0.29) is 6.04 Å². The van der Waals surface area contributed by atoms with Crippen LogP contribution in [0.15, 0.2) is 36.7 Å². The molecule has 0 saturated carbocycles. The van der Waals surface area contributed by atoms with Crippen LogP contribution in [0.1, 0.15) is 24.5 Å². The van der Waals surface area contributed by atoms with Crippen molar-refractivity contribution >= 4 is 17.5 Å². The Balaban J connectivity index is 2.03. The van der Waals surface area contributed by atoms with E-state index < -0.39 is 0 Å². The number of hydrogen-bond donors (Lipinski definition) is 1. The summed E-state index contributed by atoms with van der Waals surface area (Å²) < 4.78 is 0. The van der Waals surface area contributed by atoms with Gasteiger partial charge in [-0.25, -0.2) is 9.97 Å². The van der Waals surface area contributed by atoms with Crippen LogP contribution in [-0.4, -0.2) is 23.1 Å². The molecular weight excluding hydrogens is 284 g/mol. The Morgan fingerprint density at radius 3 is 2.52 bits per heavy atom. The number of anilines is 1. The maximum absolute atomic E-state index is 6.17. The first-order chi connectivity index (χ1) is 10.1. The third kappa shape index (κ3) is 4.41. The third-order valence-corrected chi connectivity index (χ3v) is 3.79. The van der Waals surface area contributed by atoms with E-state index in [1.807, 2.05) is 48.6 Å². The Morgan fingerprint density at radius 2 is 1.90 bits per heavy atom. The van der Waals surface area contributed by atoms with Gasteiger partial charge < -0.3 is 10.6 Å². The van der Waals surface area contributed by atoms with Crippen molar-refractivity contribution in [3.63, 3.8) is 0 Å². The van der Waals surface area contributed by atoms with Gasteiger partial charge >= 0.3 is 0 Å². The summed E-state index contributed by atoms with van der Waals surface area (Å²) in [6.07, 6.45) is 5.46. The average molecular weight is 305 g/mol. The summed E-state index contributed by atoms with van der Waals surface area (Å²) >= 11 is 6.17. The van der Waals surface area contributed by atoms with E-state index in [2.05, 4.69) is 16.9 Å². The van der Waals surface area contributed by atoms with Crippen LogP contribution in [0.25, 0.3) is 0 Å². The minimum absolute atomic E-state index is 0.167. The molecular formula is C16H21ClN4. The van der Waals surface area contributed by atoms with Crippen molar-refractivity contribution in [2.75, 3.05) is 11.9 Å². The monoisotopic (exact) mass is 304 g/mol. The van der Waals surface area contributed by atoms with Gasteiger partial charge in [-0.1, -0.05) is 36.7 Å². The Kier molecular flexibility index (Phi) is 5.53. The quantitative estimate of drug-likeness (QED) is 0.891. The standard InChI is InChI=1S/C16H21ClN4/c1-3-14(18)8-12-9-19-16(20-10-12)21(2)11-13-6-4-5-7-15(13)17/h4-7,9-10,14H,3,8,11,18H2,1-2H3. The number of rotatable bonds is 6. The molecule has 0 aliphatic heterocycles. The molecule has 0 spiro atoms. The van der Waals surface area contributed by atoms with Crippen molar-refractivity contribution in [1.82, 2.24) is 9.97 Å². The van der Waals surface area contributed by atoms with Crippen LogP contribution in [0.4, 0.5) is 5.95 Å². The lowest BCUT2D eigenvalue weighted by molar-refractivity contribution is 0.643. The highest BCUT2D eigenvalue weighted by Crippen LogP contribution is 2.18. The summed E-state index contributed by atoms with van der Waals surface area (Å²) in [6.45, 7) is 2.75. The molecule has 0 amide bonds. The zero-order valence-corrected chi connectivity index (χ0v) is 13.2. The van der Waals surface area contributed by atoms with Crippen molar-refractivity contribution in [3.05, 3.63) is 52.8 Å². The number of nitrogens with two attached hydrogens (primary N) is 1. The molecule has 1 aromatic carbocycles. The lowest BCUT2D eigenvalue weighted by atomic mass is 10.1. The van der Waals surface area contributed by atoms with E-state index in [0.717, 1.165) is 29.0 Å². The normalized spacial score (nSPS) is 12.2. The molecule has 2 aromatic rings. The van der Waals surface area contributed by atoms with Gasteiger partial charge in [0.15, 0.2) is 0 Å². The van der Waals surface area contributed by atoms with Crippen LogP contribution in [0.3, 0.4) is 0 Å². The van der Waals surface area contributed by atoms with Gasteiger partial charge in [-0.15, -0.1) is 0 Å². The molecule has 0 bridgehead atoms. The van der Waals surface area contributed by atoms with Crippen molar-refractivity contribution < 1.29 is 0 Å². The summed E-state index contributed by atoms with van der Waals surface area (Å²) in [5.41, 5.74) is 8.07. The first-order valence-electron chi connectivity index (χ1n) is 7.11. The molecule has 1 unspecified atom stereocenters. The van der Waals surface area contributed by atoms with Gasteiger partial charge in [0.25, 0.3) is 0 Å². The maximum atomic E-state index is 6.17. The number of halogens is 1. The molecule has 4 nitrogen and oxygen atoms in total. The molecule has 5 heteroatoms. The van der Waals surface area contributed by atoms with Gasteiger partial charge in [0.1, 0.15) is 0 Å². The highest BCUT2D eigenvalue weighted by atomic mass is 35.5. The van der Waals surface area contributed by atoms with Gasteiger partial charge in [-0.05, 0) is 30.0 Å². The Morgan fingerprint density at radius 1 is 1.24 bits per heavy atom. The minimum Gasteiger partial charge on any atom is -0.340 e. The van der Waals surface area contributed by atoms with E-state index in [1.165, 1.54) is 0 Å². The molecule has 2 N–H and O–H groups in total. The van der Waals surface area contributed by atoms with Crippen LogP contribution in [0.5, 0.6) is 0 Å². The van der Waals surface area contributed by atoms with E-state index in [0.29, 0.717) is 12.5 Å². The molecule has 1 aromatic heterocycles. The molecule has 21 heavy (non-hydrogen) atoms. The molecule has 0 fully saturated rings. The fraction of sp³-hybridized carbons (Fsp3) is 0.375. The highest BCUT2D eigenvalue weighted by molar-refractivity contribution is 6.31. The molecule has 0 saturated heterocycles. The first-order valence-corrected chi connectivity index (χ1v) is 7.49. The second kappa shape index (κ2) is 7.38. The lowest BCUT2D eigenvalue weighted by Crippen LogP contribution is -2.22. The largest absolute Gasteiger partial charge is 0.340 e. The Labute approximate surface area is 131 Å². The zero-order chi connectivity index (χ0) is 15.2. The molecule has 0 aliphatic rings. The predicted molar refractivity (Wildman–Crippen MR) is 87.6 cm³/mol. The average Bonchev–Trinajstić information content (AvgIpc) is 2.50. The summed E-state index contributed by atoms with van der Waals surface area (Å²) in [7, 11) is 1.95. The van der Waals surface area contributed by atoms with E-state index >= 15 is 0 Å². The van der Waals surface area contributed by atoms with Crippen LogP contribution < -0.4 is 10.6 Å². The van der Waals surface area contributed by atoms with Crippen LogP contribution in [0, 0.1) is 0 Å². The van der Waals surface area contributed by atoms with E-state index in [4.69, 9.17) is 17.3 Å². The summed E-state index contributed by atoms with van der Waals surface area (Å²) in [5.74, 6) is 0.684. The second-order valence-corrected chi connectivity index (χ2v) is 5.62. The topological polar surface area (TPSA) is 55.0 Å². The number of benzene rings is 1. The van der Waals surface area contributed by atoms with E-state index in [1.54, 1.807) is 0 Å². The smallest absolute Gasteiger partial charge is 0.225 e. The summed E-state index contributed by atoms with van der Waals surface area (Å²) in [4.78, 5) is 10.8. The van der Waals surface area contributed by atoms with Gasteiger partial charge in [0.05, 0.1) is 0 Å². The number of nitrogens with zero attached hydrogens (tertiary/aromatic N) is 3. The van der Waals surface area contributed by atoms with Gasteiger partial charge in [-0.3, -0.25) is 0 Å². The van der Waals surface area contributed by atoms with E-state index in [9.17, 15) is 0 Å². The van der Waals surface area contributed by atoms with Crippen molar-refractivity contribution in [2.24, 2.45) is 5.73 Å². The molecule has 1 heterocycles. The van der Waals surface area contributed by atoms with Gasteiger partial charge in [0, 0.05) is 37.1 Å². The molecule has 0 radical (unpaired) electrons. The van der Waals surface area contributed by atoms with Crippen molar-refractivity contribution in [2.45, 2.75) is 32.4 Å². The zero-order valence-electron chi connectivity index (χ0n) is 12.5. The van der Waals surface area contributed by atoms with Crippen molar-refractivity contribution in [3.8, 4) is 0 Å². The molecule has 0 aliphatic carbocycles. The van der Waals surface area contributed by atoms with Crippen LogP contribution in [-0.2, 0) is 13.0 Å². The van der Waals surface area contributed by atoms with Crippen LogP contribution >= 0.6 is 11.6 Å². The number of aromatic nitrogens is 2. The number of hydrogen-bond acceptors (Lipinski definition) is 4. The molecule has 1 atom stereocenters. The maximum Gasteiger partial charge on any atom is 0.225 e. The third-order valence-electron chi connectivity index (χ3n) is 3.42. The Bertz CT molecular complexity index is 571. The van der Waals surface area contributed by atoms with Crippen LogP contribution in [0.2, 0.25) is 5.02 Å². The molecule has 112 valence electrons. The fourth-order valence-electron chi connectivity index (χ4n) is 2.05. The summed E-state index contributed by atoms with van der Waals surface area (Å²) in [5, 5.41) is 0.759. The first kappa shape index (κ1) is 15.7. The predicted octanol–water partition coefficient (Wildman–Crippen LogP) is 3.05. The summed E-state index contributed by atoms with van der Waals surface area (Å²) in [6, 6.07) is 7.97. The fourth-order valence-corrected chi connectivity index (χ4v) is 2.25. The highest BCUT2D eigenvalue weighted by Gasteiger charge is 2.08. The second-order valence-electron chi connectivity index (χ2n) is 5.21. The molecule has 2 rings (SSSR count). The van der Waals surface area contributed by atoms with Gasteiger partial charge in [-0.2, -0.15) is 0 Å². The van der Waals surface area contributed by atoms with Crippen molar-refractivity contribution in [1.29, 1.82) is 0 Å². The van der Waals surface area contributed by atoms with Gasteiger partial charge in [0.2, 0.25) is 5.95 Å².